The van der Waals surface area contributed by atoms with Gasteiger partial charge in [0, 0.05) is 29.0 Å². The molecule has 37 heavy (non-hydrogen) atoms. The van der Waals surface area contributed by atoms with Gasteiger partial charge in [-0.05, 0) is 74.0 Å². The SMILES string of the molecule is CC(C)(C)OC(=O)N1CCC(CCn2cnc(=N)c3[nH]c(Sc4cc5c(cc4Br)OCCO5)nc32)CC1. The van der Waals surface area contributed by atoms with Crippen LogP contribution in [0.2, 0.25) is 0 Å². The van der Waals surface area contributed by atoms with Crippen molar-refractivity contribution in [1.29, 1.82) is 5.41 Å². The number of likely N-dealkylation sites (tertiary alicyclic amines) is 1. The Morgan fingerprint density at radius 1 is 1.24 bits per heavy atom. The number of H-pyrrole nitrogens is 1. The van der Waals surface area contributed by atoms with Gasteiger partial charge in [0.1, 0.15) is 24.3 Å². The molecule has 12 heteroatoms. The zero-order valence-corrected chi connectivity index (χ0v) is 23.6. The van der Waals surface area contributed by atoms with E-state index in [9.17, 15) is 4.79 Å². The van der Waals surface area contributed by atoms with Crippen molar-refractivity contribution in [2.45, 2.75) is 62.2 Å². The predicted molar refractivity (Wildman–Crippen MR) is 142 cm³/mol. The van der Waals surface area contributed by atoms with Crippen LogP contribution in [0.3, 0.4) is 0 Å². The summed E-state index contributed by atoms with van der Waals surface area (Å²) in [5.41, 5.74) is 1.00. The van der Waals surface area contributed by atoms with E-state index in [-0.39, 0.29) is 11.6 Å². The molecule has 0 aliphatic carbocycles. The quantitative estimate of drug-likeness (QED) is 0.431. The fourth-order valence-electron chi connectivity index (χ4n) is 4.45. The van der Waals surface area contributed by atoms with Gasteiger partial charge in [-0.15, -0.1) is 0 Å². The summed E-state index contributed by atoms with van der Waals surface area (Å²) < 4.78 is 19.8. The molecular formula is C25H31BrN6O4S. The summed E-state index contributed by atoms with van der Waals surface area (Å²) in [6.07, 6.45) is 4.28. The third kappa shape index (κ3) is 6.06. The average Bonchev–Trinajstić information content (AvgIpc) is 3.28. The van der Waals surface area contributed by atoms with Gasteiger partial charge in [-0.3, -0.25) is 5.41 Å². The van der Waals surface area contributed by atoms with Crippen molar-refractivity contribution in [2.75, 3.05) is 26.3 Å². The number of benzene rings is 1. The predicted octanol–water partition coefficient (Wildman–Crippen LogP) is 4.96. The smallest absolute Gasteiger partial charge is 0.410 e. The van der Waals surface area contributed by atoms with E-state index >= 15 is 0 Å². The third-order valence-electron chi connectivity index (χ3n) is 6.35. The molecule has 1 amide bonds. The fourth-order valence-corrected chi connectivity index (χ4v) is 5.84. The number of fused-ring (bicyclic) bond motifs is 2. The minimum Gasteiger partial charge on any atom is -0.486 e. The number of hydrogen-bond donors (Lipinski definition) is 2. The van der Waals surface area contributed by atoms with E-state index in [1.807, 2.05) is 37.5 Å². The van der Waals surface area contributed by atoms with Gasteiger partial charge in [-0.25, -0.2) is 14.8 Å². The molecule has 2 aliphatic rings. The van der Waals surface area contributed by atoms with Crippen molar-refractivity contribution in [2.24, 2.45) is 5.92 Å². The highest BCUT2D eigenvalue weighted by molar-refractivity contribution is 9.10. The summed E-state index contributed by atoms with van der Waals surface area (Å²) in [4.78, 5) is 27.4. The average molecular weight is 592 g/mol. The van der Waals surface area contributed by atoms with Crippen molar-refractivity contribution >= 4 is 44.9 Å². The minimum atomic E-state index is -0.480. The first-order chi connectivity index (χ1) is 17.7. The van der Waals surface area contributed by atoms with Gasteiger partial charge in [0.2, 0.25) is 0 Å². The topological polar surface area (TPSA) is 118 Å². The Morgan fingerprint density at radius 2 is 1.95 bits per heavy atom. The Balaban J connectivity index is 1.25. The summed E-state index contributed by atoms with van der Waals surface area (Å²) in [5.74, 6) is 1.93. The van der Waals surface area contributed by atoms with Gasteiger partial charge in [0.25, 0.3) is 0 Å². The summed E-state index contributed by atoms with van der Waals surface area (Å²) in [6, 6.07) is 3.85. The highest BCUT2D eigenvalue weighted by Gasteiger charge is 2.27. The normalized spacial score (nSPS) is 16.3. The Labute approximate surface area is 227 Å². The third-order valence-corrected chi connectivity index (χ3v) is 8.21. The number of hydrogen-bond acceptors (Lipinski definition) is 8. The maximum absolute atomic E-state index is 12.3. The Kier molecular flexibility index (Phi) is 7.39. The van der Waals surface area contributed by atoms with Crippen molar-refractivity contribution in [3.63, 3.8) is 0 Å². The van der Waals surface area contributed by atoms with Crippen molar-refractivity contribution in [3.8, 4) is 11.5 Å². The molecular weight excluding hydrogens is 560 g/mol. The Hall–Kier alpha value is -2.73. The van der Waals surface area contributed by atoms with Gasteiger partial charge < -0.3 is 28.7 Å². The van der Waals surface area contributed by atoms with Crippen LogP contribution < -0.4 is 15.0 Å². The van der Waals surface area contributed by atoms with Crippen LogP contribution in [0, 0.1) is 11.3 Å². The molecule has 4 heterocycles. The molecule has 1 aromatic carbocycles. The second kappa shape index (κ2) is 10.6. The molecule has 1 fully saturated rings. The Bertz CT molecular complexity index is 1360. The van der Waals surface area contributed by atoms with E-state index in [4.69, 9.17) is 24.6 Å². The van der Waals surface area contributed by atoms with Crippen LogP contribution in [0.4, 0.5) is 4.79 Å². The molecule has 0 spiro atoms. The van der Waals surface area contributed by atoms with Crippen molar-refractivity contribution in [1.82, 2.24) is 24.4 Å². The number of piperidine rings is 1. The van der Waals surface area contributed by atoms with E-state index in [0.717, 1.165) is 40.9 Å². The number of nitrogens with zero attached hydrogens (tertiary/aromatic N) is 4. The first-order valence-electron chi connectivity index (χ1n) is 12.4. The molecule has 0 unspecified atom stereocenters. The number of carbonyl (C=O) groups is 1. The molecule has 2 aromatic heterocycles. The number of nitrogens with one attached hydrogen (secondary N) is 2. The number of amides is 1. The molecule has 1 saturated heterocycles. The first kappa shape index (κ1) is 25.9. The van der Waals surface area contributed by atoms with Crippen LogP contribution in [-0.2, 0) is 11.3 Å². The molecule has 5 rings (SSSR count). The maximum Gasteiger partial charge on any atom is 0.410 e. The van der Waals surface area contributed by atoms with E-state index in [0.29, 0.717) is 54.3 Å². The number of carbonyl (C=O) groups excluding carboxylic acids is 1. The van der Waals surface area contributed by atoms with Crippen molar-refractivity contribution in [3.05, 3.63) is 28.4 Å². The number of aromatic nitrogens is 4. The highest BCUT2D eigenvalue weighted by atomic mass is 79.9. The lowest BCUT2D eigenvalue weighted by molar-refractivity contribution is 0.0180. The molecule has 198 valence electrons. The van der Waals surface area contributed by atoms with E-state index in [1.54, 1.807) is 11.2 Å². The van der Waals surface area contributed by atoms with Crippen LogP contribution in [0.1, 0.15) is 40.0 Å². The van der Waals surface area contributed by atoms with Gasteiger partial charge in [-0.1, -0.05) is 11.8 Å². The lowest BCUT2D eigenvalue weighted by atomic mass is 9.94. The lowest BCUT2D eigenvalue weighted by Crippen LogP contribution is -2.41. The van der Waals surface area contributed by atoms with Crippen LogP contribution in [0.5, 0.6) is 11.5 Å². The zero-order valence-electron chi connectivity index (χ0n) is 21.2. The van der Waals surface area contributed by atoms with E-state index < -0.39 is 5.60 Å². The summed E-state index contributed by atoms with van der Waals surface area (Å²) >= 11 is 5.08. The number of aromatic amines is 1. The molecule has 0 bridgehead atoms. The minimum absolute atomic E-state index is 0.164. The fraction of sp³-hybridized carbons (Fsp3) is 0.520. The van der Waals surface area contributed by atoms with Crippen LogP contribution in [0.25, 0.3) is 11.2 Å². The zero-order chi connectivity index (χ0) is 26.2. The largest absolute Gasteiger partial charge is 0.486 e. The Morgan fingerprint density at radius 3 is 2.65 bits per heavy atom. The maximum atomic E-state index is 12.3. The lowest BCUT2D eigenvalue weighted by Gasteiger charge is -2.33. The van der Waals surface area contributed by atoms with Gasteiger partial charge in [-0.2, -0.15) is 0 Å². The second-order valence-electron chi connectivity index (χ2n) is 10.3. The molecule has 0 radical (unpaired) electrons. The molecule has 10 nitrogen and oxygen atoms in total. The van der Waals surface area contributed by atoms with Gasteiger partial charge >= 0.3 is 6.09 Å². The summed E-state index contributed by atoms with van der Waals surface area (Å²) in [5, 5.41) is 8.95. The molecule has 2 aliphatic heterocycles. The van der Waals surface area contributed by atoms with E-state index in [1.165, 1.54) is 11.8 Å². The second-order valence-corrected chi connectivity index (χ2v) is 12.1. The first-order valence-corrected chi connectivity index (χ1v) is 14.0. The van der Waals surface area contributed by atoms with Gasteiger partial charge in [0.15, 0.2) is 27.8 Å². The molecule has 0 saturated carbocycles. The molecule has 2 N–H and O–H groups in total. The number of imidazole rings is 1. The summed E-state index contributed by atoms with van der Waals surface area (Å²) in [6.45, 7) is 8.88. The monoisotopic (exact) mass is 590 g/mol. The van der Waals surface area contributed by atoms with Gasteiger partial charge in [0.05, 0.1) is 6.33 Å². The van der Waals surface area contributed by atoms with Crippen molar-refractivity contribution < 1.29 is 19.0 Å². The standard InChI is InChI=1S/C25H31BrN6O4S/c1-25(2,3)36-24(33)31-7-4-15(5-8-31)6-9-32-14-28-21(27)20-22(32)30-23(29-20)37-19-13-18-17(12-16(19)26)34-10-11-35-18/h12-15,27H,4-11H2,1-3H3,(H,29,30). The summed E-state index contributed by atoms with van der Waals surface area (Å²) in [7, 11) is 0. The number of ether oxygens (including phenoxy) is 3. The van der Waals surface area contributed by atoms with E-state index in [2.05, 4.69) is 25.9 Å². The molecule has 0 atom stereocenters. The van der Waals surface area contributed by atoms with Crippen LogP contribution in [-0.4, -0.2) is 62.4 Å². The van der Waals surface area contributed by atoms with Crippen LogP contribution in [0.15, 0.2) is 33.0 Å². The number of halogens is 1. The number of aryl methyl sites for hydroxylation is 1. The molecule has 3 aromatic rings. The highest BCUT2D eigenvalue weighted by Crippen LogP contribution is 2.41. The number of rotatable bonds is 5. The van der Waals surface area contributed by atoms with Crippen LogP contribution >= 0.6 is 27.7 Å².